The number of nitrogens with zero attached hydrogens (tertiary/aromatic N) is 2. The maximum Gasteiger partial charge on any atom is 0.419 e. The van der Waals surface area contributed by atoms with Crippen LogP contribution in [0.3, 0.4) is 0 Å². The van der Waals surface area contributed by atoms with Crippen molar-refractivity contribution in [3.05, 3.63) is 71.0 Å². The van der Waals surface area contributed by atoms with Crippen molar-refractivity contribution in [1.29, 1.82) is 0 Å². The maximum atomic E-state index is 13.4. The summed E-state index contributed by atoms with van der Waals surface area (Å²) >= 11 is 0. The second-order valence-electron chi connectivity index (χ2n) is 7.15. The van der Waals surface area contributed by atoms with Gasteiger partial charge >= 0.3 is 6.18 Å². The molecule has 1 aliphatic rings. The first kappa shape index (κ1) is 18.9. The number of alkyl halides is 3. The molecule has 0 spiro atoms. The molecule has 1 amide bonds. The summed E-state index contributed by atoms with van der Waals surface area (Å²) in [5.41, 5.74) is 7.23. The second kappa shape index (κ2) is 6.46. The number of fused-ring (bicyclic) bond motifs is 2. The fourth-order valence-corrected chi connectivity index (χ4v) is 3.98. The number of hydrogen-bond acceptors (Lipinski definition) is 5. The van der Waals surface area contributed by atoms with Crippen molar-refractivity contribution < 1.29 is 23.1 Å². The van der Waals surface area contributed by atoms with Gasteiger partial charge in [0.1, 0.15) is 5.75 Å². The van der Waals surface area contributed by atoms with Crippen LogP contribution in [-0.2, 0) is 6.18 Å². The molecule has 0 fully saturated rings. The summed E-state index contributed by atoms with van der Waals surface area (Å²) in [6, 6.07) is 9.65. The number of H-pyrrole nitrogens is 1. The van der Waals surface area contributed by atoms with Gasteiger partial charge in [0.2, 0.25) is 0 Å². The van der Waals surface area contributed by atoms with E-state index >= 15 is 0 Å². The van der Waals surface area contributed by atoms with Gasteiger partial charge in [-0.25, -0.2) is 0 Å². The molecule has 4 aromatic rings. The minimum Gasteiger partial charge on any atom is -0.507 e. The molecule has 2 aromatic heterocycles. The van der Waals surface area contributed by atoms with E-state index in [2.05, 4.69) is 20.5 Å². The average molecular weight is 425 g/mol. The number of aromatic nitrogens is 3. The van der Waals surface area contributed by atoms with Crippen LogP contribution in [0.4, 0.5) is 18.9 Å². The van der Waals surface area contributed by atoms with Gasteiger partial charge in [0, 0.05) is 34.0 Å². The summed E-state index contributed by atoms with van der Waals surface area (Å²) in [6.07, 6.45) is -3.12. The molecule has 0 aliphatic carbocycles. The molecule has 5 rings (SSSR count). The molecule has 10 heteroatoms. The van der Waals surface area contributed by atoms with E-state index < -0.39 is 29.4 Å². The molecule has 31 heavy (non-hydrogen) atoms. The van der Waals surface area contributed by atoms with Crippen LogP contribution >= 0.6 is 0 Å². The van der Waals surface area contributed by atoms with E-state index in [1.165, 1.54) is 6.07 Å². The lowest BCUT2D eigenvalue weighted by molar-refractivity contribution is -0.138. The number of hydrogen-bond donors (Lipinski definition) is 4. The summed E-state index contributed by atoms with van der Waals surface area (Å²) in [6.45, 7) is 0. The summed E-state index contributed by atoms with van der Waals surface area (Å²) in [5, 5.41) is 21.5. The molecular weight excluding hydrogens is 411 g/mol. The van der Waals surface area contributed by atoms with Crippen molar-refractivity contribution >= 4 is 22.6 Å². The van der Waals surface area contributed by atoms with Crippen molar-refractivity contribution in [2.45, 2.75) is 12.2 Å². The van der Waals surface area contributed by atoms with Crippen LogP contribution in [0.25, 0.3) is 22.2 Å². The number of primary amides is 1. The summed E-state index contributed by atoms with van der Waals surface area (Å²) in [5.74, 6) is -1.62. The lowest BCUT2D eigenvalue weighted by Crippen LogP contribution is -2.15. The molecule has 156 valence electrons. The van der Waals surface area contributed by atoms with Gasteiger partial charge in [-0.1, -0.05) is 24.3 Å². The smallest absolute Gasteiger partial charge is 0.419 e. The predicted molar refractivity (Wildman–Crippen MR) is 106 cm³/mol. The van der Waals surface area contributed by atoms with Crippen molar-refractivity contribution in [2.75, 3.05) is 5.32 Å². The van der Waals surface area contributed by atoms with Crippen molar-refractivity contribution in [1.82, 2.24) is 15.2 Å². The first-order chi connectivity index (χ1) is 14.8. The molecule has 1 unspecified atom stereocenters. The third-order valence-corrected chi connectivity index (χ3v) is 5.33. The molecule has 0 bridgehead atoms. The zero-order valence-corrected chi connectivity index (χ0v) is 15.7. The van der Waals surface area contributed by atoms with E-state index in [1.54, 1.807) is 30.5 Å². The Kier molecular flexibility index (Phi) is 3.94. The van der Waals surface area contributed by atoms with E-state index in [9.17, 15) is 23.1 Å². The largest absolute Gasteiger partial charge is 0.507 e. The standard InChI is InChI=1S/C21H14F3N5O2/c22-21(23,24)12-7-9(5-6-14(12)30)17-11-8-26-20-16(11)15(18(19(25)31)28-29-20)10-3-1-2-4-13(10)27-17/h1-8,17,27,30H,(H2,25,31)(H,26,29). The van der Waals surface area contributed by atoms with Crippen molar-refractivity contribution in [2.24, 2.45) is 5.73 Å². The second-order valence-corrected chi connectivity index (χ2v) is 7.15. The van der Waals surface area contributed by atoms with E-state index in [1.807, 2.05) is 0 Å². The first-order valence-electron chi connectivity index (χ1n) is 9.19. The lowest BCUT2D eigenvalue weighted by Gasteiger charge is -2.21. The minimum absolute atomic E-state index is 0.0371. The normalized spacial score (nSPS) is 15.3. The lowest BCUT2D eigenvalue weighted by atomic mass is 9.94. The fraction of sp³-hybridized carbons (Fsp3) is 0.0952. The molecule has 7 nitrogen and oxygen atoms in total. The molecule has 1 atom stereocenters. The van der Waals surface area contributed by atoms with Gasteiger partial charge in [0.25, 0.3) is 5.91 Å². The molecular formula is C21H14F3N5O2. The number of rotatable bonds is 2. The number of phenolic OH excluding ortho intramolecular Hbond substituents is 1. The molecule has 5 N–H and O–H groups in total. The Labute approximate surface area is 172 Å². The highest BCUT2D eigenvalue weighted by Crippen LogP contribution is 2.45. The monoisotopic (exact) mass is 425 g/mol. The summed E-state index contributed by atoms with van der Waals surface area (Å²) in [7, 11) is 0. The number of halogens is 3. The Morgan fingerprint density at radius 1 is 1.13 bits per heavy atom. The number of nitrogens with two attached hydrogens (primary N) is 1. The van der Waals surface area contributed by atoms with Gasteiger partial charge in [0.15, 0.2) is 11.3 Å². The van der Waals surface area contributed by atoms with Gasteiger partial charge < -0.3 is 21.1 Å². The van der Waals surface area contributed by atoms with Gasteiger partial charge in [-0.2, -0.15) is 13.2 Å². The number of aromatic amines is 1. The van der Waals surface area contributed by atoms with Crippen molar-refractivity contribution in [3.8, 4) is 16.9 Å². The van der Waals surface area contributed by atoms with E-state index in [0.717, 1.165) is 12.1 Å². The maximum absolute atomic E-state index is 13.4. The number of benzene rings is 2. The van der Waals surface area contributed by atoms with Crippen LogP contribution in [0.5, 0.6) is 5.75 Å². The quantitative estimate of drug-likeness (QED) is 0.388. The van der Waals surface area contributed by atoms with Crippen molar-refractivity contribution in [3.63, 3.8) is 0 Å². The molecule has 1 aliphatic heterocycles. The molecule has 0 radical (unpaired) electrons. The number of carbonyl (C=O) groups is 1. The van der Waals surface area contributed by atoms with Crippen LogP contribution in [0.1, 0.15) is 33.2 Å². The van der Waals surface area contributed by atoms with Gasteiger partial charge in [-0.15, -0.1) is 10.2 Å². The zero-order valence-electron chi connectivity index (χ0n) is 15.7. The van der Waals surface area contributed by atoms with Gasteiger partial charge in [-0.05, 0) is 23.8 Å². The highest BCUT2D eigenvalue weighted by molar-refractivity contribution is 6.10. The van der Waals surface area contributed by atoms with E-state index in [0.29, 0.717) is 33.4 Å². The van der Waals surface area contributed by atoms with Gasteiger partial charge in [0.05, 0.1) is 11.6 Å². The predicted octanol–water partition coefficient (Wildman–Crippen LogP) is 3.96. The zero-order chi connectivity index (χ0) is 21.9. The molecule has 0 saturated heterocycles. The number of phenols is 1. The van der Waals surface area contributed by atoms with E-state index in [4.69, 9.17) is 5.73 Å². The van der Waals surface area contributed by atoms with Crippen LogP contribution in [0.2, 0.25) is 0 Å². The molecule has 0 saturated carbocycles. The van der Waals surface area contributed by atoms with Crippen LogP contribution in [-0.4, -0.2) is 26.2 Å². The third-order valence-electron chi connectivity index (χ3n) is 5.33. The Morgan fingerprint density at radius 2 is 1.90 bits per heavy atom. The topological polar surface area (TPSA) is 117 Å². The number of aromatic hydroxyl groups is 1. The number of carbonyl (C=O) groups excluding carboxylic acids is 1. The summed E-state index contributed by atoms with van der Waals surface area (Å²) in [4.78, 5) is 15.0. The van der Waals surface area contributed by atoms with Crippen LogP contribution in [0.15, 0.2) is 48.7 Å². The van der Waals surface area contributed by atoms with Crippen LogP contribution in [0, 0.1) is 0 Å². The number of amides is 1. The van der Waals surface area contributed by atoms with E-state index in [-0.39, 0.29) is 11.3 Å². The third kappa shape index (κ3) is 2.87. The Bertz CT molecular complexity index is 1360. The highest BCUT2D eigenvalue weighted by atomic mass is 19.4. The SMILES string of the molecule is NC(=O)c1nnc2[nH]cc3c2c1-c1ccccc1NC3c1ccc(O)c(C(F)(F)F)c1. The van der Waals surface area contributed by atoms with Gasteiger partial charge in [-0.3, -0.25) is 4.79 Å². The Morgan fingerprint density at radius 3 is 2.65 bits per heavy atom. The highest BCUT2D eigenvalue weighted by Gasteiger charge is 2.36. The molecule has 3 heterocycles. The number of para-hydroxylation sites is 1. The summed E-state index contributed by atoms with van der Waals surface area (Å²) < 4.78 is 40.2. The number of anilines is 1. The fourth-order valence-electron chi connectivity index (χ4n) is 3.98. The molecule has 2 aromatic carbocycles. The average Bonchev–Trinajstić information content (AvgIpc) is 3.08. The Balaban J connectivity index is 1.83. The number of nitrogens with one attached hydrogen (secondary N) is 2. The minimum atomic E-state index is -4.72. The van der Waals surface area contributed by atoms with Crippen LogP contribution < -0.4 is 11.1 Å². The Hall–Kier alpha value is -4.08. The first-order valence-corrected chi connectivity index (χ1v) is 9.19.